The highest BCUT2D eigenvalue weighted by molar-refractivity contribution is 6.52. The molecule has 180 valence electrons. The van der Waals surface area contributed by atoms with Crippen LogP contribution in [0.2, 0.25) is 0 Å². The summed E-state index contributed by atoms with van der Waals surface area (Å²) in [6.45, 7) is 4.38. The highest BCUT2D eigenvalue weighted by atomic mass is 16.2. The van der Waals surface area contributed by atoms with Gasteiger partial charge in [-0.25, -0.2) is 9.97 Å². The zero-order valence-electron chi connectivity index (χ0n) is 20.9. The van der Waals surface area contributed by atoms with Crippen molar-refractivity contribution in [1.29, 1.82) is 0 Å². The Morgan fingerprint density at radius 3 is 1.28 bits per heavy atom. The first kappa shape index (κ1) is 23.8. The number of rotatable bonds is 8. The zero-order chi connectivity index (χ0) is 25.1. The number of benzene rings is 2. The van der Waals surface area contributed by atoms with Crippen molar-refractivity contribution in [3.63, 3.8) is 0 Å². The predicted octanol–water partition coefficient (Wildman–Crippen LogP) is 7.54. The molecule has 0 bridgehead atoms. The molecule has 0 radical (unpaired) electrons. The maximum absolute atomic E-state index is 12.8. The third-order valence-electron chi connectivity index (χ3n) is 6.85. The van der Waals surface area contributed by atoms with Crippen LogP contribution in [0.15, 0.2) is 72.8 Å². The van der Waals surface area contributed by atoms with Gasteiger partial charge in [0.1, 0.15) is 11.4 Å². The monoisotopic (exact) mass is 474 g/mol. The van der Waals surface area contributed by atoms with Gasteiger partial charge in [0, 0.05) is 11.1 Å². The van der Waals surface area contributed by atoms with E-state index in [1.54, 1.807) is 12.1 Å². The number of hydrogen-bond donors (Lipinski definition) is 0. The molecule has 1 aliphatic carbocycles. The lowest BCUT2D eigenvalue weighted by atomic mass is 9.89. The summed E-state index contributed by atoms with van der Waals surface area (Å²) in [4.78, 5) is 35.4. The molecule has 4 nitrogen and oxygen atoms in total. The largest absolute Gasteiger partial charge is 0.285 e. The van der Waals surface area contributed by atoms with Crippen molar-refractivity contribution >= 4 is 11.6 Å². The van der Waals surface area contributed by atoms with Gasteiger partial charge in [-0.2, -0.15) is 0 Å². The zero-order valence-corrected chi connectivity index (χ0v) is 20.9. The second-order valence-electron chi connectivity index (χ2n) is 9.44. The van der Waals surface area contributed by atoms with Gasteiger partial charge < -0.3 is 0 Å². The molecule has 2 heterocycles. The molecule has 4 heteroatoms. The van der Waals surface area contributed by atoms with E-state index in [1.807, 2.05) is 12.1 Å². The summed E-state index contributed by atoms with van der Waals surface area (Å²) in [6, 6.07) is 23.9. The molecule has 0 spiro atoms. The van der Waals surface area contributed by atoms with Crippen LogP contribution in [0.4, 0.5) is 0 Å². The van der Waals surface area contributed by atoms with E-state index in [-0.39, 0.29) is 0 Å². The molecule has 5 rings (SSSR count). The lowest BCUT2D eigenvalue weighted by Gasteiger charge is -2.18. The summed E-state index contributed by atoms with van der Waals surface area (Å²) in [5, 5.41) is 0. The van der Waals surface area contributed by atoms with Crippen LogP contribution in [0.1, 0.15) is 71.4 Å². The van der Waals surface area contributed by atoms with Gasteiger partial charge in [0.05, 0.1) is 22.5 Å². The van der Waals surface area contributed by atoms with Gasteiger partial charge in [0.25, 0.3) is 0 Å². The van der Waals surface area contributed by atoms with Crippen LogP contribution in [-0.4, -0.2) is 21.5 Å². The topological polar surface area (TPSA) is 59.9 Å². The highest BCUT2D eigenvalue weighted by Gasteiger charge is 2.33. The Hall–Kier alpha value is -3.92. The molecule has 0 aliphatic heterocycles. The van der Waals surface area contributed by atoms with Gasteiger partial charge >= 0.3 is 0 Å². The Morgan fingerprint density at radius 2 is 0.917 bits per heavy atom. The predicted molar refractivity (Wildman–Crippen MR) is 144 cm³/mol. The fourth-order valence-electron chi connectivity index (χ4n) is 4.66. The van der Waals surface area contributed by atoms with E-state index in [1.165, 1.54) is 24.0 Å². The fourth-order valence-corrected chi connectivity index (χ4v) is 4.66. The number of hydrogen-bond acceptors (Lipinski definition) is 4. The minimum absolute atomic E-state index is 0.315. The van der Waals surface area contributed by atoms with Crippen LogP contribution >= 0.6 is 0 Å². The molecule has 0 unspecified atom stereocenters. The summed E-state index contributed by atoms with van der Waals surface area (Å²) in [6.07, 6.45) is 6.78. The first-order chi connectivity index (χ1) is 17.6. The molecule has 0 saturated carbocycles. The minimum atomic E-state index is -0.527. The van der Waals surface area contributed by atoms with Crippen molar-refractivity contribution in [2.24, 2.45) is 0 Å². The Morgan fingerprint density at radius 1 is 0.528 bits per heavy atom. The number of carbonyl (C=O) groups excluding carboxylic acids is 2. The van der Waals surface area contributed by atoms with Gasteiger partial charge in [-0.15, -0.1) is 0 Å². The Labute approximate surface area is 212 Å². The summed E-state index contributed by atoms with van der Waals surface area (Å²) < 4.78 is 0. The van der Waals surface area contributed by atoms with Crippen molar-refractivity contribution in [2.75, 3.05) is 0 Å². The number of unbranched alkanes of at least 4 members (excludes halogenated alkanes) is 2. The van der Waals surface area contributed by atoms with Gasteiger partial charge in [-0.3, -0.25) is 9.59 Å². The molecule has 0 fully saturated rings. The lowest BCUT2D eigenvalue weighted by molar-refractivity contribution is 0.0814. The minimum Gasteiger partial charge on any atom is -0.285 e. The number of carbonyl (C=O) groups is 2. The van der Waals surface area contributed by atoms with Crippen LogP contribution in [-0.2, 0) is 12.8 Å². The molecule has 1 aliphatic rings. The van der Waals surface area contributed by atoms with Crippen molar-refractivity contribution in [3.05, 3.63) is 95.1 Å². The molecule has 0 amide bonds. The standard InChI is InChI=1S/C32H30N2O2/c1-3-5-7-21-9-13-23(14-10-21)27-19-17-25-29(33-27)30-26(32(36)31(25)35)18-20-28(34-30)24-15-11-22(12-16-24)8-6-4-2/h9-20H,3-8H2,1-2H3. The van der Waals surface area contributed by atoms with Crippen LogP contribution in [0.5, 0.6) is 0 Å². The van der Waals surface area contributed by atoms with Crippen molar-refractivity contribution < 1.29 is 9.59 Å². The Bertz CT molecular complexity index is 1310. The first-order valence-electron chi connectivity index (χ1n) is 12.9. The van der Waals surface area contributed by atoms with E-state index < -0.39 is 11.6 Å². The molecule has 2 aromatic heterocycles. The number of nitrogens with zero attached hydrogens (tertiary/aromatic N) is 2. The third-order valence-corrected chi connectivity index (χ3v) is 6.85. The number of fused-ring (bicyclic) bond motifs is 3. The number of ketones is 2. The van der Waals surface area contributed by atoms with E-state index in [0.717, 1.165) is 48.2 Å². The SMILES string of the molecule is CCCCc1ccc(-c2ccc3c(n2)-c2nc(-c4ccc(CCCC)cc4)ccc2C(=O)C3=O)cc1. The fraction of sp³-hybridized carbons (Fsp3) is 0.250. The molecule has 4 aromatic rings. The Kier molecular flexibility index (Phi) is 6.86. The second kappa shape index (κ2) is 10.4. The van der Waals surface area contributed by atoms with E-state index in [2.05, 4.69) is 62.4 Å². The molecule has 36 heavy (non-hydrogen) atoms. The average molecular weight is 475 g/mol. The average Bonchev–Trinajstić information content (AvgIpc) is 2.93. The van der Waals surface area contributed by atoms with Gasteiger partial charge in [-0.1, -0.05) is 75.2 Å². The molecule has 0 N–H and O–H groups in total. The lowest BCUT2D eigenvalue weighted by Crippen LogP contribution is -2.23. The summed E-state index contributed by atoms with van der Waals surface area (Å²) in [7, 11) is 0. The molecular formula is C32H30N2O2. The number of pyridine rings is 2. The molecular weight excluding hydrogens is 444 g/mol. The summed E-state index contributed by atoms with van der Waals surface area (Å²) in [5.41, 5.74) is 7.66. The third kappa shape index (κ3) is 4.64. The van der Waals surface area contributed by atoms with Gasteiger partial charge in [-0.05, 0) is 61.1 Å². The number of Topliss-reactive ketones (excluding diaryl/α,β-unsaturated/α-hetero) is 2. The van der Waals surface area contributed by atoms with E-state index in [0.29, 0.717) is 22.5 Å². The summed E-state index contributed by atoms with van der Waals surface area (Å²) >= 11 is 0. The van der Waals surface area contributed by atoms with E-state index >= 15 is 0 Å². The van der Waals surface area contributed by atoms with E-state index in [9.17, 15) is 9.59 Å². The smallest absolute Gasteiger partial charge is 0.235 e. The molecule has 0 atom stereocenters. The quantitative estimate of drug-likeness (QED) is 0.248. The second-order valence-corrected chi connectivity index (χ2v) is 9.44. The molecule has 2 aromatic carbocycles. The van der Waals surface area contributed by atoms with Crippen LogP contribution in [0.25, 0.3) is 33.9 Å². The summed E-state index contributed by atoms with van der Waals surface area (Å²) in [5.74, 6) is -1.05. The maximum atomic E-state index is 12.8. The maximum Gasteiger partial charge on any atom is 0.235 e. The highest BCUT2D eigenvalue weighted by Crippen LogP contribution is 2.34. The Balaban J connectivity index is 1.53. The number of aromatic nitrogens is 2. The molecule has 0 saturated heterocycles. The normalized spacial score (nSPS) is 12.4. The van der Waals surface area contributed by atoms with Crippen LogP contribution in [0.3, 0.4) is 0 Å². The van der Waals surface area contributed by atoms with E-state index in [4.69, 9.17) is 9.97 Å². The van der Waals surface area contributed by atoms with Crippen molar-refractivity contribution in [2.45, 2.75) is 52.4 Å². The van der Waals surface area contributed by atoms with Crippen LogP contribution in [0, 0.1) is 0 Å². The van der Waals surface area contributed by atoms with Gasteiger partial charge in [0.2, 0.25) is 11.6 Å². The van der Waals surface area contributed by atoms with Crippen molar-refractivity contribution in [1.82, 2.24) is 9.97 Å². The number of aryl methyl sites for hydroxylation is 2. The first-order valence-corrected chi connectivity index (χ1v) is 12.9. The van der Waals surface area contributed by atoms with Gasteiger partial charge in [0.15, 0.2) is 0 Å². The van der Waals surface area contributed by atoms with Crippen LogP contribution < -0.4 is 0 Å². The van der Waals surface area contributed by atoms with Crippen molar-refractivity contribution in [3.8, 4) is 33.9 Å².